The number of aryl methyl sites for hydroxylation is 1. The van der Waals surface area contributed by atoms with Gasteiger partial charge in [0.1, 0.15) is 5.75 Å². The van der Waals surface area contributed by atoms with Gasteiger partial charge in [-0.25, -0.2) is 0 Å². The molecule has 1 aromatic rings. The van der Waals surface area contributed by atoms with Crippen molar-refractivity contribution in [3.8, 4) is 5.75 Å². The molecule has 1 heteroatoms. The third kappa shape index (κ3) is 3.82. The monoisotopic (exact) mass is 192 g/mol. The van der Waals surface area contributed by atoms with Crippen LogP contribution in [0.1, 0.15) is 33.3 Å². The summed E-state index contributed by atoms with van der Waals surface area (Å²) in [6.45, 7) is 9.45. The lowest BCUT2D eigenvalue weighted by molar-refractivity contribution is 0.198. The zero-order valence-electron chi connectivity index (χ0n) is 9.63. The van der Waals surface area contributed by atoms with E-state index in [0.717, 1.165) is 18.8 Å². The molecule has 0 spiro atoms. The highest BCUT2D eigenvalue weighted by molar-refractivity contribution is 5.28. The average Bonchev–Trinajstić information content (AvgIpc) is 2.14. The zero-order chi connectivity index (χ0) is 10.6. The number of rotatable bonds is 3. The van der Waals surface area contributed by atoms with Gasteiger partial charge in [0.15, 0.2) is 0 Å². The second-order valence-electron chi connectivity index (χ2n) is 4.85. The van der Waals surface area contributed by atoms with Crippen LogP contribution in [0.5, 0.6) is 5.75 Å². The molecule has 0 aromatic heterocycles. The summed E-state index contributed by atoms with van der Waals surface area (Å²) in [6.07, 6.45) is 1.06. The first-order valence-electron chi connectivity index (χ1n) is 5.23. The SMILES string of the molecule is CCc1cccc(OCC(C)(C)C)c1. The van der Waals surface area contributed by atoms with Gasteiger partial charge >= 0.3 is 0 Å². The average molecular weight is 192 g/mol. The minimum absolute atomic E-state index is 0.224. The third-order valence-electron chi connectivity index (χ3n) is 1.98. The summed E-state index contributed by atoms with van der Waals surface area (Å²) in [7, 11) is 0. The molecule has 0 N–H and O–H groups in total. The van der Waals surface area contributed by atoms with Crippen LogP contribution in [0.4, 0.5) is 0 Å². The van der Waals surface area contributed by atoms with Gasteiger partial charge in [-0.1, -0.05) is 39.8 Å². The van der Waals surface area contributed by atoms with Gasteiger partial charge in [0.2, 0.25) is 0 Å². The molecule has 0 saturated heterocycles. The molecule has 1 nitrogen and oxygen atoms in total. The molecular formula is C13H20O. The fraction of sp³-hybridized carbons (Fsp3) is 0.538. The summed E-state index contributed by atoms with van der Waals surface area (Å²) in [4.78, 5) is 0. The molecular weight excluding hydrogens is 172 g/mol. The van der Waals surface area contributed by atoms with Crippen LogP contribution in [-0.4, -0.2) is 6.61 Å². The molecule has 0 aliphatic rings. The largest absolute Gasteiger partial charge is 0.493 e. The minimum Gasteiger partial charge on any atom is -0.493 e. The molecule has 0 radical (unpaired) electrons. The molecule has 78 valence electrons. The van der Waals surface area contributed by atoms with E-state index < -0.39 is 0 Å². The van der Waals surface area contributed by atoms with E-state index >= 15 is 0 Å². The minimum atomic E-state index is 0.224. The molecule has 0 fully saturated rings. The first-order valence-corrected chi connectivity index (χ1v) is 5.23. The van der Waals surface area contributed by atoms with Gasteiger partial charge in [-0.3, -0.25) is 0 Å². The van der Waals surface area contributed by atoms with Gasteiger partial charge in [-0.15, -0.1) is 0 Å². The van der Waals surface area contributed by atoms with E-state index in [9.17, 15) is 0 Å². The van der Waals surface area contributed by atoms with Gasteiger partial charge in [-0.2, -0.15) is 0 Å². The maximum absolute atomic E-state index is 5.71. The van der Waals surface area contributed by atoms with Crippen molar-refractivity contribution in [3.05, 3.63) is 29.8 Å². The van der Waals surface area contributed by atoms with E-state index in [-0.39, 0.29) is 5.41 Å². The van der Waals surface area contributed by atoms with Crippen LogP contribution < -0.4 is 4.74 Å². The van der Waals surface area contributed by atoms with Crippen LogP contribution in [0.2, 0.25) is 0 Å². The van der Waals surface area contributed by atoms with Crippen LogP contribution in [0.3, 0.4) is 0 Å². The predicted molar refractivity (Wildman–Crippen MR) is 60.8 cm³/mol. The van der Waals surface area contributed by atoms with Gasteiger partial charge in [0.25, 0.3) is 0 Å². The predicted octanol–water partition coefficient (Wildman–Crippen LogP) is 3.67. The number of hydrogen-bond donors (Lipinski definition) is 0. The number of ether oxygens (including phenoxy) is 1. The fourth-order valence-electron chi connectivity index (χ4n) is 1.16. The van der Waals surface area contributed by atoms with Crippen molar-refractivity contribution in [1.29, 1.82) is 0 Å². The van der Waals surface area contributed by atoms with Crippen LogP contribution >= 0.6 is 0 Å². The van der Waals surface area contributed by atoms with Gasteiger partial charge in [0.05, 0.1) is 6.61 Å². The Kier molecular flexibility index (Phi) is 3.56. The van der Waals surface area contributed by atoms with Crippen molar-refractivity contribution >= 4 is 0 Å². The second kappa shape index (κ2) is 4.50. The van der Waals surface area contributed by atoms with E-state index in [1.807, 2.05) is 6.07 Å². The van der Waals surface area contributed by atoms with Crippen molar-refractivity contribution in [2.75, 3.05) is 6.61 Å². The van der Waals surface area contributed by atoms with E-state index in [2.05, 4.69) is 45.9 Å². The standard InChI is InChI=1S/C13H20O/c1-5-11-7-6-8-12(9-11)14-10-13(2,3)4/h6-9H,5,10H2,1-4H3. The molecule has 0 saturated carbocycles. The molecule has 0 aliphatic heterocycles. The summed E-state index contributed by atoms with van der Waals surface area (Å²) >= 11 is 0. The van der Waals surface area contributed by atoms with Crippen molar-refractivity contribution in [2.24, 2.45) is 5.41 Å². The molecule has 0 bridgehead atoms. The highest BCUT2D eigenvalue weighted by Crippen LogP contribution is 2.18. The normalized spacial score (nSPS) is 11.4. The van der Waals surface area contributed by atoms with Crippen molar-refractivity contribution < 1.29 is 4.74 Å². The van der Waals surface area contributed by atoms with Crippen LogP contribution in [0.25, 0.3) is 0 Å². The maximum atomic E-state index is 5.71. The summed E-state index contributed by atoms with van der Waals surface area (Å²) in [6, 6.07) is 8.32. The summed E-state index contributed by atoms with van der Waals surface area (Å²) in [5.74, 6) is 0.985. The Bertz CT molecular complexity index is 284. The first-order chi connectivity index (χ1) is 6.51. The quantitative estimate of drug-likeness (QED) is 0.710. The molecule has 0 aliphatic carbocycles. The molecule has 0 heterocycles. The van der Waals surface area contributed by atoms with Crippen LogP contribution in [0, 0.1) is 5.41 Å². The number of benzene rings is 1. The Labute approximate surface area is 87.1 Å². The Morgan fingerprint density at radius 2 is 1.93 bits per heavy atom. The van der Waals surface area contributed by atoms with Crippen LogP contribution in [-0.2, 0) is 6.42 Å². The zero-order valence-corrected chi connectivity index (χ0v) is 9.63. The molecule has 0 atom stereocenters. The summed E-state index contributed by atoms with van der Waals surface area (Å²) in [5.41, 5.74) is 1.55. The molecule has 1 aromatic carbocycles. The maximum Gasteiger partial charge on any atom is 0.119 e. The molecule has 0 amide bonds. The third-order valence-corrected chi connectivity index (χ3v) is 1.98. The fourth-order valence-corrected chi connectivity index (χ4v) is 1.16. The Morgan fingerprint density at radius 3 is 2.50 bits per heavy atom. The van der Waals surface area contributed by atoms with Crippen LogP contribution in [0.15, 0.2) is 24.3 Å². The Morgan fingerprint density at radius 1 is 1.21 bits per heavy atom. The van der Waals surface area contributed by atoms with E-state index in [1.165, 1.54) is 5.56 Å². The molecule has 1 rings (SSSR count). The van der Waals surface area contributed by atoms with Gasteiger partial charge in [-0.05, 0) is 29.5 Å². The summed E-state index contributed by atoms with van der Waals surface area (Å²) < 4.78 is 5.71. The highest BCUT2D eigenvalue weighted by Gasteiger charge is 2.10. The smallest absolute Gasteiger partial charge is 0.119 e. The molecule has 0 unspecified atom stereocenters. The van der Waals surface area contributed by atoms with Gasteiger partial charge < -0.3 is 4.74 Å². The van der Waals surface area contributed by atoms with E-state index in [0.29, 0.717) is 0 Å². The Balaban J connectivity index is 2.59. The summed E-state index contributed by atoms with van der Waals surface area (Å²) in [5, 5.41) is 0. The lowest BCUT2D eigenvalue weighted by atomic mass is 9.99. The van der Waals surface area contributed by atoms with Crippen molar-refractivity contribution in [2.45, 2.75) is 34.1 Å². The lowest BCUT2D eigenvalue weighted by Crippen LogP contribution is -2.16. The second-order valence-corrected chi connectivity index (χ2v) is 4.85. The van der Waals surface area contributed by atoms with E-state index in [4.69, 9.17) is 4.74 Å². The molecule has 14 heavy (non-hydrogen) atoms. The van der Waals surface area contributed by atoms with Crippen molar-refractivity contribution in [1.82, 2.24) is 0 Å². The highest BCUT2D eigenvalue weighted by atomic mass is 16.5. The van der Waals surface area contributed by atoms with Crippen molar-refractivity contribution in [3.63, 3.8) is 0 Å². The Hall–Kier alpha value is -0.980. The number of hydrogen-bond acceptors (Lipinski definition) is 1. The van der Waals surface area contributed by atoms with E-state index in [1.54, 1.807) is 0 Å². The lowest BCUT2D eigenvalue weighted by Gasteiger charge is -2.19. The topological polar surface area (TPSA) is 9.23 Å². The van der Waals surface area contributed by atoms with Gasteiger partial charge in [0, 0.05) is 0 Å². The first kappa shape index (κ1) is 11.1.